The highest BCUT2D eigenvalue weighted by Gasteiger charge is 2.39. The molecule has 2 nitrogen and oxygen atoms in total. The van der Waals surface area contributed by atoms with Crippen molar-refractivity contribution in [2.75, 3.05) is 0 Å². The second-order valence-electron chi connectivity index (χ2n) is 9.94. The largest absolute Gasteiger partial charge is 0.402 e. The van der Waals surface area contributed by atoms with Crippen LogP contribution in [0.25, 0.3) is 0 Å². The summed E-state index contributed by atoms with van der Waals surface area (Å²) in [4.78, 5) is 16.9. The predicted molar refractivity (Wildman–Crippen MR) is 159 cm³/mol. The summed E-state index contributed by atoms with van der Waals surface area (Å²) in [7, 11) is -2.26. The summed E-state index contributed by atoms with van der Waals surface area (Å²) in [5.74, 6) is -0.108. The fourth-order valence-electron chi connectivity index (χ4n) is 4.95. The minimum Gasteiger partial charge on any atom is -0.402 e. The van der Waals surface area contributed by atoms with E-state index >= 15 is 0 Å². The van der Waals surface area contributed by atoms with Crippen molar-refractivity contribution in [3.8, 4) is 0 Å². The molecule has 0 heterocycles. The smallest absolute Gasteiger partial charge is 0.317 e. The third-order valence-corrected chi connectivity index (χ3v) is 10.2. The zero-order valence-corrected chi connectivity index (χ0v) is 24.2. The van der Waals surface area contributed by atoms with Gasteiger partial charge in [-0.1, -0.05) is 95.5 Å². The lowest BCUT2D eigenvalue weighted by Gasteiger charge is -2.42. The second kappa shape index (κ2) is 15.0. The van der Waals surface area contributed by atoms with Crippen LogP contribution in [0.5, 0.6) is 0 Å². The van der Waals surface area contributed by atoms with Crippen LogP contribution in [0, 0.1) is 0 Å². The monoisotopic (exact) mass is 518 g/mol. The average molecular weight is 519 g/mol. The van der Waals surface area contributed by atoms with E-state index in [4.69, 9.17) is 4.18 Å². The summed E-state index contributed by atoms with van der Waals surface area (Å²) in [6.07, 6.45) is 11.2. The van der Waals surface area contributed by atoms with Gasteiger partial charge in [-0.2, -0.15) is 0 Å². The third-order valence-electron chi connectivity index (χ3n) is 6.83. The van der Waals surface area contributed by atoms with Gasteiger partial charge >= 0.3 is 5.97 Å². The molecule has 0 fully saturated rings. The minimum absolute atomic E-state index is 0.108. The number of carbonyl (C=O) groups is 1. The summed E-state index contributed by atoms with van der Waals surface area (Å²) in [6.45, 7) is 8.82. The van der Waals surface area contributed by atoms with E-state index in [1.807, 2.05) is 6.92 Å². The molecule has 0 saturated heterocycles. The van der Waals surface area contributed by atoms with Gasteiger partial charge in [-0.05, 0) is 96.2 Å². The van der Waals surface area contributed by atoms with Crippen LogP contribution in [-0.2, 0) is 28.2 Å². The molecule has 0 atom stereocenters. The highest BCUT2D eigenvalue weighted by Crippen LogP contribution is 2.71. The fraction of sp³-hybridized carbons (Fsp3) is 0.441. The van der Waals surface area contributed by atoms with E-state index in [-0.39, 0.29) is 5.97 Å². The van der Waals surface area contributed by atoms with Gasteiger partial charge in [0.1, 0.15) is 0 Å². The summed E-state index contributed by atoms with van der Waals surface area (Å²) >= 11 is 0. The molecule has 0 radical (unpaired) electrons. The first-order valence-electron chi connectivity index (χ1n) is 14.4. The maximum absolute atomic E-state index is 13.4. The van der Waals surface area contributed by atoms with E-state index in [2.05, 4.69) is 93.6 Å². The molecule has 3 rings (SSSR count). The number of hydrogen-bond acceptors (Lipinski definition) is 2. The van der Waals surface area contributed by atoms with Gasteiger partial charge in [0.25, 0.3) is 0 Å². The lowest BCUT2D eigenvalue weighted by Crippen LogP contribution is -2.17. The normalized spacial score (nSPS) is 11.9. The SMILES string of the molecule is CCCCc1cc(CCCC)c(S(OC(=O)CCC)(c2ccccc2)c2ccccc2)c(CCCC)c1. The second-order valence-corrected chi connectivity index (χ2v) is 12.6. The predicted octanol–water partition coefficient (Wildman–Crippen LogP) is 10.3. The summed E-state index contributed by atoms with van der Waals surface area (Å²) < 4.78 is 6.84. The van der Waals surface area contributed by atoms with E-state index in [0.717, 1.165) is 61.2 Å². The van der Waals surface area contributed by atoms with E-state index in [0.29, 0.717) is 6.42 Å². The highest BCUT2D eigenvalue weighted by atomic mass is 32.3. The topological polar surface area (TPSA) is 26.3 Å². The number of hydrogen-bond donors (Lipinski definition) is 0. The molecule has 0 amide bonds. The molecule has 200 valence electrons. The Balaban J connectivity index is 2.42. The highest BCUT2D eigenvalue weighted by molar-refractivity contribution is 8.30. The van der Waals surface area contributed by atoms with Gasteiger partial charge in [-0.15, -0.1) is 0 Å². The Hall–Kier alpha value is -2.52. The first-order chi connectivity index (χ1) is 18.1. The summed E-state index contributed by atoms with van der Waals surface area (Å²) in [5.41, 5.74) is 4.17. The molecule has 0 unspecified atom stereocenters. The van der Waals surface area contributed by atoms with Crippen molar-refractivity contribution >= 4 is 16.3 Å². The molecule has 0 aromatic heterocycles. The van der Waals surface area contributed by atoms with Crippen LogP contribution >= 0.6 is 10.3 Å². The number of carbonyl (C=O) groups excluding carboxylic acids is 1. The molecule has 0 bridgehead atoms. The van der Waals surface area contributed by atoms with Gasteiger partial charge in [0, 0.05) is 21.1 Å². The van der Waals surface area contributed by atoms with Crippen LogP contribution in [0.1, 0.15) is 95.8 Å². The Morgan fingerprint density at radius 1 is 0.649 bits per heavy atom. The Morgan fingerprint density at radius 3 is 1.54 bits per heavy atom. The lowest BCUT2D eigenvalue weighted by molar-refractivity contribution is -0.133. The van der Waals surface area contributed by atoms with Gasteiger partial charge < -0.3 is 4.18 Å². The molecule has 3 aromatic rings. The fourth-order valence-corrected chi connectivity index (χ4v) is 8.47. The molecule has 0 aliphatic heterocycles. The zero-order valence-electron chi connectivity index (χ0n) is 23.4. The van der Waals surface area contributed by atoms with Crippen molar-refractivity contribution in [1.82, 2.24) is 0 Å². The van der Waals surface area contributed by atoms with Gasteiger partial charge in [0.2, 0.25) is 0 Å². The molecular formula is C34H46O2S. The maximum Gasteiger partial charge on any atom is 0.317 e. The van der Waals surface area contributed by atoms with E-state index < -0.39 is 10.3 Å². The van der Waals surface area contributed by atoms with Gasteiger partial charge in [0.05, 0.1) is 0 Å². The molecule has 3 heteroatoms. The first kappa shape index (κ1) is 29.0. The van der Waals surface area contributed by atoms with Gasteiger partial charge in [-0.25, -0.2) is 0 Å². The van der Waals surface area contributed by atoms with Crippen LogP contribution < -0.4 is 0 Å². The Morgan fingerprint density at radius 2 is 1.11 bits per heavy atom. The molecule has 0 spiro atoms. The quantitative estimate of drug-likeness (QED) is 0.200. The van der Waals surface area contributed by atoms with E-state index in [1.165, 1.54) is 34.4 Å². The Bertz CT molecular complexity index is 1020. The van der Waals surface area contributed by atoms with Gasteiger partial charge in [0.15, 0.2) is 0 Å². The Kier molecular flexibility index (Phi) is 11.8. The van der Waals surface area contributed by atoms with Crippen LogP contribution in [0.4, 0.5) is 0 Å². The number of aryl methyl sites for hydroxylation is 3. The molecule has 3 aromatic carbocycles. The zero-order chi connectivity index (χ0) is 26.5. The average Bonchev–Trinajstić information content (AvgIpc) is 2.93. The molecule has 0 aliphatic rings. The maximum atomic E-state index is 13.4. The van der Waals surface area contributed by atoms with Crippen molar-refractivity contribution in [3.63, 3.8) is 0 Å². The van der Waals surface area contributed by atoms with Crippen molar-refractivity contribution in [2.24, 2.45) is 0 Å². The molecular weight excluding hydrogens is 472 g/mol. The molecule has 0 saturated carbocycles. The van der Waals surface area contributed by atoms with Crippen LogP contribution in [0.3, 0.4) is 0 Å². The van der Waals surface area contributed by atoms with Crippen molar-refractivity contribution in [1.29, 1.82) is 0 Å². The third kappa shape index (κ3) is 7.29. The summed E-state index contributed by atoms with van der Waals surface area (Å²) in [6, 6.07) is 26.0. The molecule has 37 heavy (non-hydrogen) atoms. The summed E-state index contributed by atoms with van der Waals surface area (Å²) in [5, 5.41) is 0. The minimum atomic E-state index is -2.26. The van der Waals surface area contributed by atoms with Gasteiger partial charge in [-0.3, -0.25) is 4.79 Å². The van der Waals surface area contributed by atoms with Crippen LogP contribution in [0.15, 0.2) is 87.5 Å². The first-order valence-corrected chi connectivity index (χ1v) is 16.0. The number of rotatable bonds is 15. The van der Waals surface area contributed by atoms with Crippen molar-refractivity contribution in [2.45, 2.75) is 113 Å². The molecule has 0 aliphatic carbocycles. The molecule has 0 N–H and O–H groups in total. The van der Waals surface area contributed by atoms with Crippen molar-refractivity contribution in [3.05, 3.63) is 89.5 Å². The van der Waals surface area contributed by atoms with Crippen LogP contribution in [0.2, 0.25) is 0 Å². The number of benzene rings is 3. The van der Waals surface area contributed by atoms with Crippen LogP contribution in [-0.4, -0.2) is 5.97 Å². The van der Waals surface area contributed by atoms with E-state index in [1.54, 1.807) is 0 Å². The Labute approximate surface area is 227 Å². The number of unbranched alkanes of at least 4 members (excludes halogenated alkanes) is 3. The van der Waals surface area contributed by atoms with E-state index in [9.17, 15) is 4.79 Å². The standard InChI is InChI=1S/C34H46O2S/c1-5-9-19-28-26-29(20-10-6-2)34(30(27-28)21-11-7-3)37(36-33(35)18-8-4,31-22-14-12-15-23-31)32-24-16-13-17-25-32/h12-17,22-27H,5-11,18-21H2,1-4H3. The lowest BCUT2D eigenvalue weighted by atomic mass is 9.96. The van der Waals surface area contributed by atoms with Crippen molar-refractivity contribution < 1.29 is 8.98 Å².